The zero-order valence-corrected chi connectivity index (χ0v) is 21.9. The molecular formula is C30H25N5O3S. The van der Waals surface area contributed by atoms with Gasteiger partial charge < -0.3 is 4.74 Å². The van der Waals surface area contributed by atoms with Crippen LogP contribution in [0.5, 0.6) is 5.75 Å². The van der Waals surface area contributed by atoms with Crippen molar-refractivity contribution < 1.29 is 14.3 Å². The average molecular weight is 536 g/mol. The van der Waals surface area contributed by atoms with Crippen molar-refractivity contribution in [2.75, 3.05) is 5.32 Å². The highest BCUT2D eigenvalue weighted by Crippen LogP contribution is 2.22. The summed E-state index contributed by atoms with van der Waals surface area (Å²) < 4.78 is 6.10. The second kappa shape index (κ2) is 12.1. The van der Waals surface area contributed by atoms with Gasteiger partial charge in [-0.15, -0.1) is 10.2 Å². The molecule has 8 nitrogen and oxygen atoms in total. The smallest absolute Gasteiger partial charge is 0.257 e. The van der Waals surface area contributed by atoms with Crippen LogP contribution >= 0.6 is 11.3 Å². The number of hydrazone groups is 1. The standard InChI is InChI=1S/C30H25N5O3S/c1-20-9-2-5-14-24(20)29(37)32-30-35-34-28(39-30)17-27(36)33-31-18-22-11-4-7-16-26(22)38-19-23-13-8-12-21-10-3-6-15-25(21)23/h2-16,18H,17,19H2,1H3,(H,33,36)(H,32,35,37). The SMILES string of the molecule is Cc1ccccc1C(=O)Nc1nnc(CC(=O)NN=Cc2ccccc2OCc2cccc3ccccc23)s1. The predicted octanol–water partition coefficient (Wildman–Crippen LogP) is 5.52. The number of anilines is 1. The number of aryl methyl sites for hydroxylation is 1. The number of aromatic nitrogens is 2. The third-order valence-corrected chi connectivity index (χ3v) is 6.80. The molecule has 0 radical (unpaired) electrons. The van der Waals surface area contributed by atoms with Gasteiger partial charge in [0.05, 0.1) is 12.6 Å². The van der Waals surface area contributed by atoms with Crippen molar-refractivity contribution in [3.05, 3.63) is 118 Å². The number of amides is 2. The van der Waals surface area contributed by atoms with Crippen LogP contribution in [0.2, 0.25) is 0 Å². The van der Waals surface area contributed by atoms with E-state index in [1.165, 1.54) is 0 Å². The highest BCUT2D eigenvalue weighted by Gasteiger charge is 2.14. The number of para-hydroxylation sites is 1. The van der Waals surface area contributed by atoms with E-state index in [9.17, 15) is 9.59 Å². The maximum Gasteiger partial charge on any atom is 0.257 e. The van der Waals surface area contributed by atoms with E-state index in [1.54, 1.807) is 18.3 Å². The summed E-state index contributed by atoms with van der Waals surface area (Å²) >= 11 is 1.14. The van der Waals surface area contributed by atoms with Gasteiger partial charge in [-0.3, -0.25) is 14.9 Å². The van der Waals surface area contributed by atoms with Crippen LogP contribution in [-0.4, -0.2) is 28.2 Å². The molecule has 39 heavy (non-hydrogen) atoms. The van der Waals surface area contributed by atoms with E-state index in [0.29, 0.717) is 28.1 Å². The summed E-state index contributed by atoms with van der Waals surface area (Å²) in [7, 11) is 0. The van der Waals surface area contributed by atoms with Crippen molar-refractivity contribution in [2.24, 2.45) is 5.10 Å². The Balaban J connectivity index is 1.16. The molecule has 9 heteroatoms. The van der Waals surface area contributed by atoms with Crippen LogP contribution in [-0.2, 0) is 17.8 Å². The summed E-state index contributed by atoms with van der Waals surface area (Å²) in [6, 6.07) is 29.1. The number of rotatable bonds is 9. The maximum atomic E-state index is 12.5. The fourth-order valence-corrected chi connectivity index (χ4v) is 4.74. The number of nitrogens with zero attached hydrogens (tertiary/aromatic N) is 3. The molecule has 194 valence electrons. The van der Waals surface area contributed by atoms with Crippen LogP contribution in [0.15, 0.2) is 96.1 Å². The molecule has 4 aromatic carbocycles. The molecule has 1 heterocycles. The molecule has 2 amide bonds. The summed E-state index contributed by atoms with van der Waals surface area (Å²) in [6.45, 7) is 2.26. The number of ether oxygens (including phenoxy) is 1. The number of benzene rings is 4. The highest BCUT2D eigenvalue weighted by molar-refractivity contribution is 7.15. The lowest BCUT2D eigenvalue weighted by atomic mass is 10.1. The Morgan fingerprint density at radius 2 is 1.69 bits per heavy atom. The van der Waals surface area contributed by atoms with Crippen LogP contribution in [0.4, 0.5) is 5.13 Å². The van der Waals surface area contributed by atoms with Crippen LogP contribution < -0.4 is 15.5 Å². The molecule has 0 bridgehead atoms. The first-order valence-corrected chi connectivity index (χ1v) is 13.1. The molecule has 0 fully saturated rings. The summed E-state index contributed by atoms with van der Waals surface area (Å²) in [5.41, 5.74) is 5.75. The van der Waals surface area contributed by atoms with E-state index in [-0.39, 0.29) is 18.2 Å². The van der Waals surface area contributed by atoms with Gasteiger partial charge in [0, 0.05) is 11.1 Å². The van der Waals surface area contributed by atoms with Gasteiger partial charge in [-0.25, -0.2) is 5.43 Å². The zero-order chi connectivity index (χ0) is 27.0. The zero-order valence-electron chi connectivity index (χ0n) is 21.1. The van der Waals surface area contributed by atoms with Crippen molar-refractivity contribution in [1.82, 2.24) is 15.6 Å². The Morgan fingerprint density at radius 3 is 2.59 bits per heavy atom. The lowest BCUT2D eigenvalue weighted by molar-refractivity contribution is -0.120. The molecule has 0 saturated heterocycles. The largest absolute Gasteiger partial charge is 0.488 e. The van der Waals surface area contributed by atoms with Gasteiger partial charge in [0.15, 0.2) is 0 Å². The third-order valence-electron chi connectivity index (χ3n) is 5.96. The predicted molar refractivity (Wildman–Crippen MR) is 153 cm³/mol. The Bertz CT molecular complexity index is 1660. The van der Waals surface area contributed by atoms with E-state index in [4.69, 9.17) is 4.74 Å². The Labute approximate surface area is 229 Å². The minimum absolute atomic E-state index is 0.0194. The minimum Gasteiger partial charge on any atom is -0.488 e. The molecule has 0 saturated carbocycles. The molecule has 0 aliphatic rings. The molecule has 5 aromatic rings. The third kappa shape index (κ3) is 6.52. The monoisotopic (exact) mass is 535 g/mol. The first-order valence-electron chi connectivity index (χ1n) is 12.3. The molecular weight excluding hydrogens is 510 g/mol. The summed E-state index contributed by atoms with van der Waals surface area (Å²) in [4.78, 5) is 24.9. The van der Waals surface area contributed by atoms with Gasteiger partial charge in [0.25, 0.3) is 5.91 Å². The topological polar surface area (TPSA) is 106 Å². The number of hydrogen-bond donors (Lipinski definition) is 2. The Hall–Kier alpha value is -4.89. The molecule has 0 aliphatic heterocycles. The van der Waals surface area contributed by atoms with Crippen molar-refractivity contribution in [2.45, 2.75) is 20.0 Å². The van der Waals surface area contributed by atoms with Crippen molar-refractivity contribution in [1.29, 1.82) is 0 Å². The molecule has 0 spiro atoms. The summed E-state index contributed by atoms with van der Waals surface area (Å²) in [5.74, 6) is 0.0288. The number of hydrogen-bond acceptors (Lipinski definition) is 7. The molecule has 0 atom stereocenters. The number of nitrogens with one attached hydrogen (secondary N) is 2. The number of carbonyl (C=O) groups is 2. The number of carbonyl (C=O) groups excluding carboxylic acids is 2. The van der Waals surface area contributed by atoms with Gasteiger partial charge >= 0.3 is 0 Å². The molecule has 0 aliphatic carbocycles. The normalized spacial score (nSPS) is 11.0. The molecule has 5 rings (SSSR count). The lowest BCUT2D eigenvalue weighted by Crippen LogP contribution is -2.19. The summed E-state index contributed by atoms with van der Waals surface area (Å²) in [5, 5.41) is 17.9. The van der Waals surface area contributed by atoms with Crippen molar-refractivity contribution in [3.63, 3.8) is 0 Å². The van der Waals surface area contributed by atoms with Gasteiger partial charge in [0.1, 0.15) is 17.4 Å². The highest BCUT2D eigenvalue weighted by atomic mass is 32.1. The van der Waals surface area contributed by atoms with E-state index >= 15 is 0 Å². The first-order chi connectivity index (χ1) is 19.1. The fourth-order valence-electron chi connectivity index (χ4n) is 4.01. The van der Waals surface area contributed by atoms with Gasteiger partial charge in [-0.1, -0.05) is 84.1 Å². The van der Waals surface area contributed by atoms with Crippen LogP contribution in [0, 0.1) is 6.92 Å². The second-order valence-corrected chi connectivity index (χ2v) is 9.77. The first kappa shape index (κ1) is 25.7. The van der Waals surface area contributed by atoms with E-state index < -0.39 is 0 Å². The second-order valence-electron chi connectivity index (χ2n) is 8.70. The van der Waals surface area contributed by atoms with Gasteiger partial charge in [-0.05, 0) is 47.0 Å². The van der Waals surface area contributed by atoms with E-state index in [2.05, 4.69) is 44.2 Å². The Morgan fingerprint density at radius 1 is 0.923 bits per heavy atom. The minimum atomic E-state index is -0.353. The fraction of sp³-hybridized carbons (Fsp3) is 0.100. The van der Waals surface area contributed by atoms with Crippen molar-refractivity contribution in [3.8, 4) is 5.75 Å². The van der Waals surface area contributed by atoms with Gasteiger partial charge in [0.2, 0.25) is 11.0 Å². The molecule has 1 aromatic heterocycles. The van der Waals surface area contributed by atoms with E-state index in [1.807, 2.05) is 67.6 Å². The molecule has 0 unspecified atom stereocenters. The average Bonchev–Trinajstić information content (AvgIpc) is 3.39. The Kier molecular flexibility index (Phi) is 7.99. The van der Waals surface area contributed by atoms with Crippen molar-refractivity contribution >= 4 is 45.3 Å². The summed E-state index contributed by atoms with van der Waals surface area (Å²) in [6.07, 6.45) is 1.53. The van der Waals surface area contributed by atoms with Crippen LogP contribution in [0.1, 0.15) is 32.1 Å². The van der Waals surface area contributed by atoms with Gasteiger partial charge in [-0.2, -0.15) is 5.10 Å². The molecule has 2 N–H and O–H groups in total. The lowest BCUT2D eigenvalue weighted by Gasteiger charge is -2.11. The number of fused-ring (bicyclic) bond motifs is 1. The van der Waals surface area contributed by atoms with Crippen LogP contribution in [0.25, 0.3) is 10.8 Å². The maximum absolute atomic E-state index is 12.5. The van der Waals surface area contributed by atoms with Crippen LogP contribution in [0.3, 0.4) is 0 Å². The quantitative estimate of drug-likeness (QED) is 0.191. The van der Waals surface area contributed by atoms with E-state index in [0.717, 1.165) is 38.8 Å².